The number of benzene rings is 1. The van der Waals surface area contributed by atoms with Gasteiger partial charge in [0.25, 0.3) is 0 Å². The molecule has 2 aliphatic rings. The van der Waals surface area contributed by atoms with E-state index in [1.54, 1.807) is 0 Å². The Morgan fingerprint density at radius 3 is 2.45 bits per heavy atom. The molecule has 0 radical (unpaired) electrons. The van der Waals surface area contributed by atoms with Gasteiger partial charge in [-0.15, -0.1) is 0 Å². The molecule has 0 bridgehead atoms. The van der Waals surface area contributed by atoms with Gasteiger partial charge in [-0.05, 0) is 42.9 Å². The molecule has 1 aromatic carbocycles. The van der Waals surface area contributed by atoms with Gasteiger partial charge in [-0.25, -0.2) is 4.79 Å². The Kier molecular flexibility index (Phi) is 5.87. The first-order valence-electron chi connectivity index (χ1n) is 10.3. The van der Waals surface area contributed by atoms with Crippen molar-refractivity contribution in [1.29, 1.82) is 0 Å². The summed E-state index contributed by atoms with van der Waals surface area (Å²) in [5.74, 6) is -0.628. The van der Waals surface area contributed by atoms with E-state index in [4.69, 9.17) is 4.74 Å². The van der Waals surface area contributed by atoms with E-state index < -0.39 is 5.92 Å². The monoisotopic (exact) mass is 396 g/mol. The Morgan fingerprint density at radius 2 is 1.86 bits per heavy atom. The number of nitrogens with one attached hydrogen (secondary N) is 1. The van der Waals surface area contributed by atoms with E-state index >= 15 is 0 Å². The molecule has 1 heterocycles. The molecule has 0 amide bonds. The average molecular weight is 397 g/mol. The second-order valence-electron chi connectivity index (χ2n) is 9.05. The first-order valence-corrected chi connectivity index (χ1v) is 10.3. The van der Waals surface area contributed by atoms with E-state index in [1.165, 1.54) is 0 Å². The molecule has 0 fully saturated rings. The van der Waals surface area contributed by atoms with E-state index in [0.29, 0.717) is 18.6 Å². The minimum Gasteiger partial charge on any atom is -0.462 e. The maximum absolute atomic E-state index is 13.2. The maximum atomic E-state index is 13.2. The Hall–Kier alpha value is -2.56. The number of dihydropyridines is 1. The average Bonchev–Trinajstić information content (AvgIpc) is 2.64. The Bertz CT molecular complexity index is 876. The molecule has 1 aromatic rings. The third kappa shape index (κ3) is 4.24. The summed E-state index contributed by atoms with van der Waals surface area (Å²) in [7, 11) is 3.98. The number of hydrogen-bond donors (Lipinski definition) is 1. The van der Waals surface area contributed by atoms with Gasteiger partial charge < -0.3 is 15.0 Å². The third-order valence-electron chi connectivity index (χ3n) is 5.64. The van der Waals surface area contributed by atoms with Crippen LogP contribution in [0.3, 0.4) is 0 Å². The number of rotatable bonds is 5. The molecule has 156 valence electrons. The topological polar surface area (TPSA) is 58.6 Å². The van der Waals surface area contributed by atoms with E-state index in [1.807, 2.05) is 57.1 Å². The van der Waals surface area contributed by atoms with Crippen molar-refractivity contribution in [3.05, 3.63) is 52.4 Å². The minimum absolute atomic E-state index is 0.0945. The highest BCUT2D eigenvalue weighted by Crippen LogP contribution is 2.46. The lowest BCUT2D eigenvalue weighted by Gasteiger charge is -2.39. The summed E-state index contributed by atoms with van der Waals surface area (Å²) >= 11 is 0. The fraction of sp³-hybridized carbons (Fsp3) is 0.500. The molecule has 1 N–H and O–H groups in total. The summed E-state index contributed by atoms with van der Waals surface area (Å²) in [5.41, 5.74) is 4.90. The Labute approximate surface area is 173 Å². The number of carbonyl (C=O) groups is 2. The molecule has 3 rings (SSSR count). The van der Waals surface area contributed by atoms with Gasteiger partial charge in [0.2, 0.25) is 0 Å². The number of hydrogen-bond acceptors (Lipinski definition) is 5. The number of ether oxygens (including phenoxy) is 1. The van der Waals surface area contributed by atoms with E-state index in [2.05, 4.69) is 19.2 Å². The SMILES string of the molecule is CCCOC(=O)C1=C(C)NC2=C(C(=O)CC(C)(C)C2)[C@H]1c1ccc(N(C)C)cc1. The van der Waals surface area contributed by atoms with Crippen molar-refractivity contribution in [2.24, 2.45) is 5.41 Å². The van der Waals surface area contributed by atoms with Gasteiger partial charge >= 0.3 is 5.97 Å². The van der Waals surface area contributed by atoms with Crippen molar-refractivity contribution in [1.82, 2.24) is 5.32 Å². The van der Waals surface area contributed by atoms with Gasteiger partial charge in [-0.1, -0.05) is 32.9 Å². The molecule has 1 aliphatic carbocycles. The smallest absolute Gasteiger partial charge is 0.336 e. The minimum atomic E-state index is -0.393. The van der Waals surface area contributed by atoms with Crippen LogP contribution in [0.15, 0.2) is 46.8 Å². The van der Waals surface area contributed by atoms with E-state index in [0.717, 1.165) is 41.1 Å². The summed E-state index contributed by atoms with van der Waals surface area (Å²) < 4.78 is 5.49. The molecule has 1 aliphatic heterocycles. The largest absolute Gasteiger partial charge is 0.462 e. The zero-order valence-electron chi connectivity index (χ0n) is 18.4. The van der Waals surface area contributed by atoms with Crippen molar-refractivity contribution >= 4 is 17.4 Å². The van der Waals surface area contributed by atoms with Gasteiger partial charge in [0.1, 0.15) is 0 Å². The van der Waals surface area contributed by atoms with Gasteiger partial charge in [-0.3, -0.25) is 4.79 Å². The number of allylic oxidation sites excluding steroid dienone is 3. The predicted octanol–water partition coefficient (Wildman–Crippen LogP) is 4.31. The van der Waals surface area contributed by atoms with Crippen LogP contribution in [-0.4, -0.2) is 32.5 Å². The molecule has 0 unspecified atom stereocenters. The van der Waals surface area contributed by atoms with Crippen molar-refractivity contribution in [2.45, 2.75) is 52.9 Å². The molecular weight excluding hydrogens is 364 g/mol. The van der Waals surface area contributed by atoms with Gasteiger partial charge in [0.05, 0.1) is 12.2 Å². The van der Waals surface area contributed by atoms with Crippen LogP contribution in [0.4, 0.5) is 5.69 Å². The van der Waals surface area contributed by atoms with Crippen LogP contribution in [0, 0.1) is 5.41 Å². The van der Waals surface area contributed by atoms with Crippen LogP contribution in [0.5, 0.6) is 0 Å². The number of nitrogens with zero attached hydrogens (tertiary/aromatic N) is 1. The third-order valence-corrected chi connectivity index (χ3v) is 5.64. The number of Topliss-reactive ketones (excluding diaryl/α,β-unsaturated/α-hetero) is 1. The van der Waals surface area contributed by atoms with Crippen LogP contribution in [0.2, 0.25) is 0 Å². The Morgan fingerprint density at radius 1 is 1.21 bits per heavy atom. The zero-order valence-corrected chi connectivity index (χ0v) is 18.4. The molecule has 0 saturated carbocycles. The lowest BCUT2D eigenvalue weighted by molar-refractivity contribution is -0.139. The van der Waals surface area contributed by atoms with E-state index in [9.17, 15) is 9.59 Å². The predicted molar refractivity (Wildman–Crippen MR) is 116 cm³/mol. The highest BCUT2D eigenvalue weighted by Gasteiger charge is 2.43. The molecule has 29 heavy (non-hydrogen) atoms. The Balaban J connectivity index is 2.11. The standard InChI is InChI=1S/C24H32N2O3/c1-7-12-29-23(28)20-15(2)25-18-13-24(3,4)14-19(27)22(18)21(20)16-8-10-17(11-9-16)26(5)6/h8-11,21,25H,7,12-14H2,1-6H3/t21-/m0/s1. The fourth-order valence-electron chi connectivity index (χ4n) is 4.28. The van der Waals surface area contributed by atoms with Crippen molar-refractivity contribution in [2.75, 3.05) is 25.6 Å². The van der Waals surface area contributed by atoms with Gasteiger partial charge in [0.15, 0.2) is 5.78 Å². The summed E-state index contributed by atoms with van der Waals surface area (Å²) in [6.45, 7) is 8.47. The lowest BCUT2D eigenvalue weighted by Crippen LogP contribution is -2.38. The molecular formula is C24H32N2O3. The highest BCUT2D eigenvalue weighted by molar-refractivity contribution is 6.04. The van der Waals surface area contributed by atoms with Crippen LogP contribution in [-0.2, 0) is 14.3 Å². The van der Waals surface area contributed by atoms with Crippen molar-refractivity contribution < 1.29 is 14.3 Å². The first-order chi connectivity index (χ1) is 13.6. The molecule has 5 nitrogen and oxygen atoms in total. The number of esters is 1. The summed E-state index contributed by atoms with van der Waals surface area (Å²) in [5, 5.41) is 3.37. The fourth-order valence-corrected chi connectivity index (χ4v) is 4.28. The van der Waals surface area contributed by atoms with Crippen LogP contribution in [0.25, 0.3) is 0 Å². The number of anilines is 1. The van der Waals surface area contributed by atoms with Crippen LogP contribution in [0.1, 0.15) is 58.4 Å². The second kappa shape index (κ2) is 8.05. The zero-order chi connectivity index (χ0) is 21.3. The summed E-state index contributed by atoms with van der Waals surface area (Å²) in [4.78, 5) is 28.2. The van der Waals surface area contributed by atoms with E-state index in [-0.39, 0.29) is 17.2 Å². The second-order valence-corrected chi connectivity index (χ2v) is 9.05. The summed E-state index contributed by atoms with van der Waals surface area (Å²) in [6, 6.07) is 8.09. The quantitative estimate of drug-likeness (QED) is 0.752. The van der Waals surface area contributed by atoms with Crippen molar-refractivity contribution in [3.8, 4) is 0 Å². The molecule has 0 aromatic heterocycles. The summed E-state index contributed by atoms with van der Waals surface area (Å²) in [6.07, 6.45) is 2.03. The molecule has 1 atom stereocenters. The lowest BCUT2D eigenvalue weighted by atomic mass is 9.68. The molecule has 0 saturated heterocycles. The normalized spacial score (nSPS) is 20.9. The maximum Gasteiger partial charge on any atom is 0.336 e. The first kappa shape index (κ1) is 21.2. The van der Waals surface area contributed by atoms with Crippen LogP contribution >= 0.6 is 0 Å². The highest BCUT2D eigenvalue weighted by atomic mass is 16.5. The van der Waals surface area contributed by atoms with Gasteiger partial charge in [0, 0.05) is 49.1 Å². The number of ketones is 1. The number of carbonyl (C=O) groups excluding carboxylic acids is 2. The van der Waals surface area contributed by atoms with Crippen LogP contribution < -0.4 is 10.2 Å². The molecule has 0 spiro atoms. The van der Waals surface area contributed by atoms with Gasteiger partial charge in [-0.2, -0.15) is 0 Å². The molecule has 5 heteroatoms. The van der Waals surface area contributed by atoms with Crippen molar-refractivity contribution in [3.63, 3.8) is 0 Å².